The highest BCUT2D eigenvalue weighted by Gasteiger charge is 2.13. The molecule has 0 saturated carbocycles. The number of rotatable bonds is 4. The lowest BCUT2D eigenvalue weighted by molar-refractivity contribution is 0.400. The van der Waals surface area contributed by atoms with Crippen molar-refractivity contribution in [2.75, 3.05) is 0 Å². The van der Waals surface area contributed by atoms with Crippen molar-refractivity contribution in [1.29, 1.82) is 0 Å². The van der Waals surface area contributed by atoms with Gasteiger partial charge < -0.3 is 14.6 Å². The molecule has 0 aliphatic rings. The highest BCUT2D eigenvalue weighted by Crippen LogP contribution is 2.34. The third-order valence-electron chi connectivity index (χ3n) is 3.91. The predicted molar refractivity (Wildman–Crippen MR) is 89.9 cm³/mol. The number of hydrogen-bond acceptors (Lipinski definition) is 4. The van der Waals surface area contributed by atoms with Crippen LogP contribution in [0.3, 0.4) is 0 Å². The van der Waals surface area contributed by atoms with Gasteiger partial charge in [-0.2, -0.15) is 0 Å². The lowest BCUT2D eigenvalue weighted by Crippen LogP contribution is -2.00. The van der Waals surface area contributed by atoms with Crippen LogP contribution >= 0.6 is 0 Å². The Morgan fingerprint density at radius 1 is 1.04 bits per heavy atom. The fourth-order valence-electron chi connectivity index (χ4n) is 2.55. The van der Waals surface area contributed by atoms with E-state index in [2.05, 4.69) is 6.92 Å². The highest BCUT2D eigenvalue weighted by atomic mass is 16.4. The standard InChI is InChI=1S/C19H18O4/c1-2-3-4-12-5-7-13(8-6-12)17-11-16(21)14-9-10-15(20)18(22)19(14)23-17/h5-11,20,22H,2-4H2,1H3. The number of fused-ring (bicyclic) bond motifs is 1. The van der Waals surface area contributed by atoms with E-state index in [1.165, 1.54) is 23.8 Å². The molecule has 3 rings (SSSR count). The minimum atomic E-state index is -0.416. The van der Waals surface area contributed by atoms with Gasteiger partial charge in [-0.3, -0.25) is 4.79 Å². The fourth-order valence-corrected chi connectivity index (χ4v) is 2.55. The molecule has 0 atom stereocenters. The summed E-state index contributed by atoms with van der Waals surface area (Å²) in [6.07, 6.45) is 3.30. The average molecular weight is 310 g/mol. The van der Waals surface area contributed by atoms with Crippen LogP contribution in [0.2, 0.25) is 0 Å². The second kappa shape index (κ2) is 6.16. The van der Waals surface area contributed by atoms with Gasteiger partial charge in [-0.05, 0) is 30.5 Å². The maximum absolute atomic E-state index is 12.2. The summed E-state index contributed by atoms with van der Waals surface area (Å²) in [5, 5.41) is 19.7. The van der Waals surface area contributed by atoms with Gasteiger partial charge in [-0.25, -0.2) is 0 Å². The minimum Gasteiger partial charge on any atom is -0.504 e. The quantitative estimate of drug-likeness (QED) is 0.708. The smallest absolute Gasteiger partial charge is 0.201 e. The Morgan fingerprint density at radius 2 is 1.78 bits per heavy atom. The van der Waals surface area contributed by atoms with Crippen LogP contribution in [0.1, 0.15) is 25.3 Å². The van der Waals surface area contributed by atoms with Crippen LogP contribution in [0.25, 0.3) is 22.3 Å². The highest BCUT2D eigenvalue weighted by molar-refractivity contribution is 5.86. The van der Waals surface area contributed by atoms with Crippen LogP contribution in [0.15, 0.2) is 51.7 Å². The van der Waals surface area contributed by atoms with Crippen LogP contribution < -0.4 is 5.43 Å². The molecule has 23 heavy (non-hydrogen) atoms. The molecule has 0 aliphatic carbocycles. The second-order valence-electron chi connectivity index (χ2n) is 5.59. The van der Waals surface area contributed by atoms with Gasteiger partial charge in [-0.1, -0.05) is 37.6 Å². The molecule has 0 spiro atoms. The summed E-state index contributed by atoms with van der Waals surface area (Å²) in [6.45, 7) is 2.15. The number of hydrogen-bond donors (Lipinski definition) is 2. The first-order valence-electron chi connectivity index (χ1n) is 7.68. The summed E-state index contributed by atoms with van der Waals surface area (Å²) < 4.78 is 5.65. The van der Waals surface area contributed by atoms with Crippen molar-refractivity contribution in [2.45, 2.75) is 26.2 Å². The van der Waals surface area contributed by atoms with Gasteiger partial charge in [0.25, 0.3) is 0 Å². The SMILES string of the molecule is CCCCc1ccc(-c2cc(=O)c3ccc(O)c(O)c3o2)cc1. The molecular weight excluding hydrogens is 292 g/mol. The summed E-state index contributed by atoms with van der Waals surface area (Å²) in [7, 11) is 0. The van der Waals surface area contributed by atoms with Gasteiger partial charge in [0.1, 0.15) is 5.76 Å². The van der Waals surface area contributed by atoms with Crippen molar-refractivity contribution in [3.63, 3.8) is 0 Å². The molecule has 0 radical (unpaired) electrons. The summed E-state index contributed by atoms with van der Waals surface area (Å²) in [5.74, 6) is -0.362. The molecule has 2 aromatic carbocycles. The Morgan fingerprint density at radius 3 is 2.48 bits per heavy atom. The third kappa shape index (κ3) is 2.93. The van der Waals surface area contributed by atoms with Crippen LogP contribution in [0, 0.1) is 0 Å². The maximum Gasteiger partial charge on any atom is 0.201 e. The van der Waals surface area contributed by atoms with E-state index in [1.807, 2.05) is 24.3 Å². The molecule has 1 heterocycles. The molecule has 4 nitrogen and oxygen atoms in total. The van der Waals surface area contributed by atoms with Gasteiger partial charge >= 0.3 is 0 Å². The van der Waals surface area contributed by atoms with E-state index in [-0.39, 0.29) is 22.1 Å². The maximum atomic E-state index is 12.2. The summed E-state index contributed by atoms with van der Waals surface area (Å²) in [6, 6.07) is 11.9. The zero-order valence-corrected chi connectivity index (χ0v) is 12.9. The van der Waals surface area contributed by atoms with Crippen LogP contribution in [-0.4, -0.2) is 10.2 Å². The topological polar surface area (TPSA) is 70.7 Å². The van der Waals surface area contributed by atoms with Gasteiger partial charge in [0, 0.05) is 11.6 Å². The van der Waals surface area contributed by atoms with Gasteiger partial charge in [-0.15, -0.1) is 0 Å². The van der Waals surface area contributed by atoms with E-state index in [4.69, 9.17) is 4.42 Å². The molecule has 0 fully saturated rings. The molecule has 0 amide bonds. The monoisotopic (exact) mass is 310 g/mol. The zero-order valence-electron chi connectivity index (χ0n) is 12.9. The van der Waals surface area contributed by atoms with Gasteiger partial charge in [0.15, 0.2) is 16.8 Å². The van der Waals surface area contributed by atoms with Gasteiger partial charge in [0.2, 0.25) is 5.75 Å². The number of phenolic OH excluding ortho intramolecular Hbond substituents is 2. The summed E-state index contributed by atoms with van der Waals surface area (Å²) in [4.78, 5) is 12.2. The first-order valence-corrected chi connectivity index (χ1v) is 7.68. The van der Waals surface area contributed by atoms with Crippen LogP contribution in [0.4, 0.5) is 0 Å². The first-order chi connectivity index (χ1) is 11.1. The molecule has 2 N–H and O–H groups in total. The zero-order chi connectivity index (χ0) is 16.4. The molecule has 0 unspecified atom stereocenters. The van der Waals surface area contributed by atoms with Crippen LogP contribution in [0.5, 0.6) is 11.5 Å². The van der Waals surface area contributed by atoms with Crippen molar-refractivity contribution >= 4 is 11.0 Å². The summed E-state index contributed by atoms with van der Waals surface area (Å²) in [5.41, 5.74) is 1.74. The Bertz CT molecular complexity index is 892. The fraction of sp³-hybridized carbons (Fsp3) is 0.211. The number of aromatic hydroxyl groups is 2. The minimum absolute atomic E-state index is 0.00237. The van der Waals surface area contributed by atoms with Crippen molar-refractivity contribution in [3.05, 3.63) is 58.3 Å². The predicted octanol–water partition coefficient (Wildman–Crippen LogP) is 4.21. The Balaban J connectivity index is 2.06. The van der Waals surface area contributed by atoms with Crippen molar-refractivity contribution in [1.82, 2.24) is 0 Å². The van der Waals surface area contributed by atoms with Crippen LogP contribution in [-0.2, 0) is 6.42 Å². The molecule has 1 aromatic heterocycles. The first kappa shape index (κ1) is 15.2. The number of benzene rings is 2. The molecule has 4 heteroatoms. The van der Waals surface area contributed by atoms with E-state index in [0.717, 1.165) is 24.8 Å². The molecule has 118 valence electrons. The van der Waals surface area contributed by atoms with Gasteiger partial charge in [0.05, 0.1) is 5.39 Å². The normalized spacial score (nSPS) is 11.0. The number of aryl methyl sites for hydroxylation is 1. The van der Waals surface area contributed by atoms with Crippen molar-refractivity contribution in [3.8, 4) is 22.8 Å². The molecule has 0 bridgehead atoms. The Hall–Kier alpha value is -2.75. The van der Waals surface area contributed by atoms with E-state index in [9.17, 15) is 15.0 Å². The second-order valence-corrected chi connectivity index (χ2v) is 5.59. The summed E-state index contributed by atoms with van der Waals surface area (Å²) >= 11 is 0. The Kier molecular flexibility index (Phi) is 4.06. The molecule has 0 aliphatic heterocycles. The Labute approximate surface area is 133 Å². The largest absolute Gasteiger partial charge is 0.504 e. The number of phenols is 2. The third-order valence-corrected chi connectivity index (χ3v) is 3.91. The lowest BCUT2D eigenvalue weighted by Gasteiger charge is -2.06. The molecular formula is C19H18O4. The lowest BCUT2D eigenvalue weighted by atomic mass is 10.0. The molecule has 0 saturated heterocycles. The number of unbranched alkanes of at least 4 members (excludes halogenated alkanes) is 1. The molecule has 3 aromatic rings. The van der Waals surface area contributed by atoms with E-state index in [1.54, 1.807) is 0 Å². The van der Waals surface area contributed by atoms with E-state index < -0.39 is 5.75 Å². The van der Waals surface area contributed by atoms with E-state index >= 15 is 0 Å². The van der Waals surface area contributed by atoms with Crippen molar-refractivity contribution in [2.24, 2.45) is 0 Å². The van der Waals surface area contributed by atoms with E-state index in [0.29, 0.717) is 5.76 Å². The average Bonchev–Trinajstić information content (AvgIpc) is 2.57. The van der Waals surface area contributed by atoms with Crippen molar-refractivity contribution < 1.29 is 14.6 Å².